The maximum atomic E-state index is 4.47. The maximum absolute atomic E-state index is 4.47. The van der Waals surface area contributed by atoms with Crippen LogP contribution in [-0.2, 0) is 0 Å². The lowest BCUT2D eigenvalue weighted by Crippen LogP contribution is -2.35. The van der Waals surface area contributed by atoms with Crippen molar-refractivity contribution in [3.05, 3.63) is 11.5 Å². The van der Waals surface area contributed by atoms with Gasteiger partial charge in [-0.3, -0.25) is 10.3 Å². The molecule has 0 radical (unpaired) electrons. The number of nitrogens with one attached hydrogen (secondary N) is 2. The highest BCUT2D eigenvalue weighted by Gasteiger charge is 2.40. The molecule has 2 heterocycles. The molecule has 3 rings (SSSR count). The van der Waals surface area contributed by atoms with E-state index in [0.29, 0.717) is 0 Å². The van der Waals surface area contributed by atoms with Gasteiger partial charge in [0.05, 0.1) is 12.4 Å². The largest absolute Gasteiger partial charge is 0.356 e. The van der Waals surface area contributed by atoms with Gasteiger partial charge < -0.3 is 5.32 Å². The SMILES string of the molecule is C1=NC2=C(N=CC13CC3)NCNC2. The summed E-state index contributed by atoms with van der Waals surface area (Å²) < 4.78 is 0. The second-order valence-electron chi connectivity index (χ2n) is 3.83. The summed E-state index contributed by atoms with van der Waals surface area (Å²) in [6.45, 7) is 1.62. The number of aliphatic imine (C=N–C) groups is 2. The molecule has 0 saturated heterocycles. The Morgan fingerprint density at radius 3 is 2.92 bits per heavy atom. The summed E-state index contributed by atoms with van der Waals surface area (Å²) in [7, 11) is 0. The summed E-state index contributed by atoms with van der Waals surface area (Å²) in [5.74, 6) is 0.943. The van der Waals surface area contributed by atoms with Gasteiger partial charge in [0.2, 0.25) is 0 Å². The van der Waals surface area contributed by atoms with E-state index in [9.17, 15) is 0 Å². The fourth-order valence-corrected chi connectivity index (χ4v) is 1.58. The Kier molecular flexibility index (Phi) is 1.35. The quantitative estimate of drug-likeness (QED) is 0.555. The molecule has 0 aromatic heterocycles. The van der Waals surface area contributed by atoms with E-state index in [1.807, 2.05) is 12.4 Å². The lowest BCUT2D eigenvalue weighted by Gasteiger charge is -2.16. The predicted octanol–water partition coefficient (Wildman–Crippen LogP) is 0.241. The van der Waals surface area contributed by atoms with Gasteiger partial charge in [0, 0.05) is 24.4 Å². The van der Waals surface area contributed by atoms with Gasteiger partial charge in [-0.2, -0.15) is 0 Å². The number of rotatable bonds is 0. The molecule has 0 bridgehead atoms. The van der Waals surface area contributed by atoms with E-state index in [2.05, 4.69) is 20.6 Å². The van der Waals surface area contributed by atoms with E-state index in [4.69, 9.17) is 0 Å². The Morgan fingerprint density at radius 2 is 2.08 bits per heavy atom. The van der Waals surface area contributed by atoms with E-state index in [1.54, 1.807) is 0 Å². The van der Waals surface area contributed by atoms with Gasteiger partial charge >= 0.3 is 0 Å². The van der Waals surface area contributed by atoms with Crippen molar-refractivity contribution in [1.29, 1.82) is 0 Å². The Bertz CT molecular complexity index is 295. The zero-order valence-electron chi connectivity index (χ0n) is 7.38. The van der Waals surface area contributed by atoms with Crippen LogP contribution < -0.4 is 10.6 Å². The van der Waals surface area contributed by atoms with Crippen LogP contribution in [0.3, 0.4) is 0 Å². The van der Waals surface area contributed by atoms with Crippen LogP contribution >= 0.6 is 0 Å². The Balaban J connectivity index is 1.97. The van der Waals surface area contributed by atoms with Crippen molar-refractivity contribution >= 4 is 12.4 Å². The first kappa shape index (κ1) is 7.26. The first-order chi connectivity index (χ1) is 6.38. The molecule has 4 nitrogen and oxygen atoms in total. The average molecular weight is 176 g/mol. The van der Waals surface area contributed by atoms with Gasteiger partial charge in [0.15, 0.2) is 0 Å². The standard InChI is InChI=1S/C9H12N4/c1-2-9(1)4-11-7-3-10-6-13-8(7)12-5-9/h4-5,10,13H,1-3,6H2. The molecular weight excluding hydrogens is 164 g/mol. The van der Waals surface area contributed by atoms with Crippen molar-refractivity contribution in [3.8, 4) is 0 Å². The van der Waals surface area contributed by atoms with Crippen molar-refractivity contribution in [2.24, 2.45) is 15.4 Å². The molecule has 2 N–H and O–H groups in total. The molecule has 0 aromatic rings. The third-order valence-electron chi connectivity index (χ3n) is 2.70. The molecular formula is C9H12N4. The second-order valence-corrected chi connectivity index (χ2v) is 3.83. The third-order valence-corrected chi connectivity index (χ3v) is 2.70. The van der Waals surface area contributed by atoms with Crippen LogP contribution in [0, 0.1) is 5.41 Å². The zero-order chi connectivity index (χ0) is 8.73. The molecule has 1 fully saturated rings. The predicted molar refractivity (Wildman–Crippen MR) is 51.7 cm³/mol. The normalized spacial score (nSPS) is 28.3. The number of hydrogen-bond donors (Lipinski definition) is 2. The summed E-state index contributed by atoms with van der Waals surface area (Å²) in [6.07, 6.45) is 6.49. The summed E-state index contributed by atoms with van der Waals surface area (Å²) in [5, 5.41) is 6.39. The van der Waals surface area contributed by atoms with Crippen LogP contribution in [0.1, 0.15) is 12.8 Å². The summed E-state index contributed by atoms with van der Waals surface area (Å²) >= 11 is 0. The molecule has 1 aliphatic carbocycles. The van der Waals surface area contributed by atoms with Gasteiger partial charge in [0.25, 0.3) is 0 Å². The molecule has 1 saturated carbocycles. The van der Waals surface area contributed by atoms with Crippen molar-refractivity contribution in [3.63, 3.8) is 0 Å². The average Bonchev–Trinajstić information content (AvgIpc) is 2.96. The highest BCUT2D eigenvalue weighted by molar-refractivity contribution is 5.94. The van der Waals surface area contributed by atoms with E-state index >= 15 is 0 Å². The zero-order valence-corrected chi connectivity index (χ0v) is 7.38. The Labute approximate surface area is 76.8 Å². The maximum Gasteiger partial charge on any atom is 0.149 e. The van der Waals surface area contributed by atoms with Gasteiger partial charge in [-0.1, -0.05) is 0 Å². The molecule has 0 amide bonds. The van der Waals surface area contributed by atoms with E-state index in [1.165, 1.54) is 12.8 Å². The number of nitrogens with zero attached hydrogens (tertiary/aromatic N) is 2. The molecule has 4 heteroatoms. The smallest absolute Gasteiger partial charge is 0.149 e. The monoisotopic (exact) mass is 176 g/mol. The fourth-order valence-electron chi connectivity index (χ4n) is 1.58. The molecule has 0 atom stereocenters. The molecule has 3 aliphatic rings. The Hall–Kier alpha value is -1.16. The summed E-state index contributed by atoms with van der Waals surface area (Å²) in [5.41, 5.74) is 1.24. The van der Waals surface area contributed by atoms with Crippen molar-refractivity contribution in [1.82, 2.24) is 10.6 Å². The topological polar surface area (TPSA) is 48.8 Å². The van der Waals surface area contributed by atoms with Gasteiger partial charge in [-0.15, -0.1) is 0 Å². The van der Waals surface area contributed by atoms with Crippen molar-refractivity contribution in [2.75, 3.05) is 13.2 Å². The van der Waals surface area contributed by atoms with E-state index < -0.39 is 0 Å². The van der Waals surface area contributed by atoms with Crippen LogP contribution in [-0.4, -0.2) is 25.6 Å². The van der Waals surface area contributed by atoms with Crippen LogP contribution in [0.15, 0.2) is 21.5 Å². The van der Waals surface area contributed by atoms with Gasteiger partial charge in [-0.05, 0) is 12.8 Å². The highest BCUT2D eigenvalue weighted by atomic mass is 15.2. The first-order valence-corrected chi connectivity index (χ1v) is 4.66. The van der Waals surface area contributed by atoms with Crippen LogP contribution in [0.2, 0.25) is 0 Å². The van der Waals surface area contributed by atoms with Gasteiger partial charge in [-0.25, -0.2) is 4.99 Å². The first-order valence-electron chi connectivity index (χ1n) is 4.66. The highest BCUT2D eigenvalue weighted by Crippen LogP contribution is 2.43. The molecule has 0 aromatic carbocycles. The van der Waals surface area contributed by atoms with Crippen LogP contribution in [0.4, 0.5) is 0 Å². The number of hydrogen-bond acceptors (Lipinski definition) is 4. The van der Waals surface area contributed by atoms with Crippen molar-refractivity contribution in [2.45, 2.75) is 12.8 Å². The lowest BCUT2D eigenvalue weighted by atomic mass is 10.1. The summed E-state index contributed by atoms with van der Waals surface area (Å²) in [6, 6.07) is 0. The third kappa shape index (κ3) is 1.18. The van der Waals surface area contributed by atoms with Crippen LogP contribution in [0.25, 0.3) is 0 Å². The molecule has 0 unspecified atom stereocenters. The Morgan fingerprint density at radius 1 is 1.23 bits per heavy atom. The minimum Gasteiger partial charge on any atom is -0.356 e. The van der Waals surface area contributed by atoms with E-state index in [0.717, 1.165) is 24.7 Å². The second kappa shape index (κ2) is 2.42. The lowest BCUT2D eigenvalue weighted by molar-refractivity contribution is 0.609. The molecule has 13 heavy (non-hydrogen) atoms. The minimum absolute atomic E-state index is 0.207. The fraction of sp³-hybridized carbons (Fsp3) is 0.556. The van der Waals surface area contributed by atoms with Gasteiger partial charge in [0.1, 0.15) is 5.82 Å². The minimum atomic E-state index is 0.207. The molecule has 2 aliphatic heterocycles. The molecule has 68 valence electrons. The summed E-state index contributed by atoms with van der Waals surface area (Å²) in [4.78, 5) is 8.90. The molecule has 1 spiro atoms. The van der Waals surface area contributed by atoms with E-state index in [-0.39, 0.29) is 5.41 Å². The van der Waals surface area contributed by atoms with Crippen LogP contribution in [0.5, 0.6) is 0 Å². The van der Waals surface area contributed by atoms with Crippen molar-refractivity contribution < 1.29 is 0 Å².